The van der Waals surface area contributed by atoms with E-state index in [0.29, 0.717) is 5.02 Å². The van der Waals surface area contributed by atoms with Crippen LogP contribution in [-0.4, -0.2) is 5.54 Å². The molecule has 0 aliphatic heterocycles. The Bertz CT molecular complexity index is 434. The van der Waals surface area contributed by atoms with Gasteiger partial charge >= 0.3 is 0 Å². The zero-order chi connectivity index (χ0) is 14.0. The van der Waals surface area contributed by atoms with Gasteiger partial charge in [0.05, 0.1) is 0 Å². The van der Waals surface area contributed by atoms with E-state index in [2.05, 4.69) is 13.8 Å². The van der Waals surface area contributed by atoms with E-state index in [1.165, 1.54) is 12.8 Å². The van der Waals surface area contributed by atoms with Crippen molar-refractivity contribution in [1.29, 1.82) is 0 Å². The predicted octanol–water partition coefficient (Wildman–Crippen LogP) is 5.08. The van der Waals surface area contributed by atoms with Gasteiger partial charge in [0.1, 0.15) is 0 Å². The van der Waals surface area contributed by atoms with Crippen molar-refractivity contribution in [2.45, 2.75) is 51.5 Å². The molecule has 1 saturated carbocycles. The molecule has 0 aromatic heterocycles. The Balaban J connectivity index is 2.03. The third-order valence-electron chi connectivity index (χ3n) is 4.53. The number of hydrogen-bond acceptors (Lipinski definition) is 1. The van der Waals surface area contributed by atoms with Crippen LogP contribution in [0.25, 0.3) is 0 Å². The summed E-state index contributed by atoms with van der Waals surface area (Å²) in [6.45, 7) is 4.62. The van der Waals surface area contributed by atoms with Crippen LogP contribution in [0.4, 0.5) is 0 Å². The van der Waals surface area contributed by atoms with Crippen molar-refractivity contribution >= 4 is 23.2 Å². The summed E-state index contributed by atoms with van der Waals surface area (Å²) in [5.74, 6) is 1.60. The molecular formula is C16H23Cl2N. The van der Waals surface area contributed by atoms with Crippen molar-refractivity contribution in [3.05, 3.63) is 33.8 Å². The number of benzene rings is 1. The Morgan fingerprint density at radius 1 is 1.26 bits per heavy atom. The van der Waals surface area contributed by atoms with E-state index in [1.807, 2.05) is 18.2 Å². The van der Waals surface area contributed by atoms with E-state index in [-0.39, 0.29) is 5.54 Å². The third-order valence-corrected chi connectivity index (χ3v) is 5.11. The quantitative estimate of drug-likeness (QED) is 0.827. The fourth-order valence-electron chi connectivity index (χ4n) is 3.10. The van der Waals surface area contributed by atoms with Gasteiger partial charge < -0.3 is 5.73 Å². The van der Waals surface area contributed by atoms with Crippen LogP contribution in [0.3, 0.4) is 0 Å². The maximum absolute atomic E-state index is 6.57. The van der Waals surface area contributed by atoms with Crippen molar-refractivity contribution in [2.75, 3.05) is 0 Å². The monoisotopic (exact) mass is 299 g/mol. The Morgan fingerprint density at radius 2 is 1.89 bits per heavy atom. The fraction of sp³-hybridized carbons (Fsp3) is 0.625. The lowest BCUT2D eigenvalue weighted by Gasteiger charge is -2.39. The molecule has 0 amide bonds. The van der Waals surface area contributed by atoms with E-state index >= 15 is 0 Å². The van der Waals surface area contributed by atoms with Crippen molar-refractivity contribution in [3.8, 4) is 0 Å². The SMILES string of the molecule is CC(C)C1CCC(N)(Cc2ccc(Cl)cc2Cl)CC1. The summed E-state index contributed by atoms with van der Waals surface area (Å²) in [4.78, 5) is 0. The highest BCUT2D eigenvalue weighted by Crippen LogP contribution is 2.37. The molecule has 3 heteroatoms. The summed E-state index contributed by atoms with van der Waals surface area (Å²) >= 11 is 12.2. The van der Waals surface area contributed by atoms with Crippen LogP contribution in [0.5, 0.6) is 0 Å². The van der Waals surface area contributed by atoms with E-state index in [9.17, 15) is 0 Å². The van der Waals surface area contributed by atoms with E-state index in [0.717, 1.165) is 41.7 Å². The van der Waals surface area contributed by atoms with Gasteiger partial charge in [-0.15, -0.1) is 0 Å². The number of nitrogens with two attached hydrogens (primary N) is 1. The molecule has 1 aliphatic rings. The minimum atomic E-state index is -0.0944. The van der Waals surface area contributed by atoms with E-state index < -0.39 is 0 Å². The highest BCUT2D eigenvalue weighted by atomic mass is 35.5. The Morgan fingerprint density at radius 3 is 2.42 bits per heavy atom. The van der Waals surface area contributed by atoms with Gasteiger partial charge in [0, 0.05) is 15.6 Å². The first-order valence-electron chi connectivity index (χ1n) is 7.12. The van der Waals surface area contributed by atoms with Gasteiger partial charge in [-0.25, -0.2) is 0 Å². The first-order valence-corrected chi connectivity index (χ1v) is 7.88. The number of hydrogen-bond donors (Lipinski definition) is 1. The summed E-state index contributed by atoms with van der Waals surface area (Å²) < 4.78 is 0. The van der Waals surface area contributed by atoms with Crippen LogP contribution in [-0.2, 0) is 6.42 Å². The first-order chi connectivity index (χ1) is 8.89. The molecule has 2 rings (SSSR count). The number of halogens is 2. The average molecular weight is 300 g/mol. The molecule has 1 aromatic carbocycles. The molecule has 0 bridgehead atoms. The van der Waals surface area contributed by atoms with E-state index in [4.69, 9.17) is 28.9 Å². The predicted molar refractivity (Wildman–Crippen MR) is 83.9 cm³/mol. The molecule has 0 radical (unpaired) electrons. The Labute approximate surface area is 126 Å². The van der Waals surface area contributed by atoms with Crippen LogP contribution in [0.1, 0.15) is 45.1 Å². The smallest absolute Gasteiger partial charge is 0.0453 e. The second-order valence-electron chi connectivity index (χ2n) is 6.36. The summed E-state index contributed by atoms with van der Waals surface area (Å²) in [5.41, 5.74) is 7.60. The lowest BCUT2D eigenvalue weighted by atomic mass is 9.71. The van der Waals surface area contributed by atoms with Crippen molar-refractivity contribution in [2.24, 2.45) is 17.6 Å². The molecular weight excluding hydrogens is 277 g/mol. The molecule has 1 nitrogen and oxygen atoms in total. The minimum Gasteiger partial charge on any atom is -0.325 e. The third kappa shape index (κ3) is 3.87. The molecule has 0 saturated heterocycles. The largest absolute Gasteiger partial charge is 0.325 e. The molecule has 2 N–H and O–H groups in total. The van der Waals surface area contributed by atoms with Crippen LogP contribution < -0.4 is 5.73 Å². The minimum absolute atomic E-state index is 0.0944. The fourth-order valence-corrected chi connectivity index (χ4v) is 3.58. The molecule has 106 valence electrons. The topological polar surface area (TPSA) is 26.0 Å². The molecule has 1 fully saturated rings. The van der Waals surface area contributed by atoms with Gasteiger partial charge in [0.25, 0.3) is 0 Å². The zero-order valence-corrected chi connectivity index (χ0v) is 13.3. The molecule has 0 spiro atoms. The normalized spacial score (nSPS) is 27.8. The van der Waals surface area contributed by atoms with Crippen molar-refractivity contribution < 1.29 is 0 Å². The van der Waals surface area contributed by atoms with Crippen molar-refractivity contribution in [3.63, 3.8) is 0 Å². The Kier molecular flexibility index (Phi) is 4.81. The standard InChI is InChI=1S/C16H23Cl2N/c1-11(2)12-5-7-16(19,8-6-12)10-13-3-4-14(17)9-15(13)18/h3-4,9,11-12H,5-8,10,19H2,1-2H3. The second-order valence-corrected chi connectivity index (χ2v) is 7.20. The van der Waals surface area contributed by atoms with E-state index in [1.54, 1.807) is 0 Å². The molecule has 1 aromatic rings. The van der Waals surface area contributed by atoms with Crippen LogP contribution >= 0.6 is 23.2 Å². The van der Waals surface area contributed by atoms with Gasteiger partial charge in [-0.05, 0) is 61.6 Å². The molecule has 0 unspecified atom stereocenters. The average Bonchev–Trinajstić information content (AvgIpc) is 2.33. The second kappa shape index (κ2) is 6.03. The molecule has 0 atom stereocenters. The maximum atomic E-state index is 6.57. The van der Waals surface area contributed by atoms with Crippen LogP contribution in [0.2, 0.25) is 10.0 Å². The summed E-state index contributed by atoms with van der Waals surface area (Å²) in [7, 11) is 0. The number of rotatable bonds is 3. The van der Waals surface area contributed by atoms with Gasteiger partial charge in [-0.2, -0.15) is 0 Å². The van der Waals surface area contributed by atoms with Gasteiger partial charge in [-0.3, -0.25) is 0 Å². The molecule has 19 heavy (non-hydrogen) atoms. The first kappa shape index (κ1) is 15.2. The lowest BCUT2D eigenvalue weighted by molar-refractivity contribution is 0.194. The highest BCUT2D eigenvalue weighted by Gasteiger charge is 2.33. The maximum Gasteiger partial charge on any atom is 0.0453 e. The summed E-state index contributed by atoms with van der Waals surface area (Å²) in [5, 5.41) is 1.42. The van der Waals surface area contributed by atoms with Gasteiger partial charge in [0.15, 0.2) is 0 Å². The van der Waals surface area contributed by atoms with Crippen LogP contribution in [0, 0.1) is 11.8 Å². The van der Waals surface area contributed by atoms with Gasteiger partial charge in [0.2, 0.25) is 0 Å². The lowest BCUT2D eigenvalue weighted by Crippen LogP contribution is -2.45. The van der Waals surface area contributed by atoms with Crippen LogP contribution in [0.15, 0.2) is 18.2 Å². The van der Waals surface area contributed by atoms with Gasteiger partial charge in [-0.1, -0.05) is 43.1 Å². The zero-order valence-electron chi connectivity index (χ0n) is 11.8. The highest BCUT2D eigenvalue weighted by molar-refractivity contribution is 6.35. The van der Waals surface area contributed by atoms with Crippen molar-refractivity contribution in [1.82, 2.24) is 0 Å². The molecule has 0 heterocycles. The summed E-state index contributed by atoms with van der Waals surface area (Å²) in [6, 6.07) is 5.71. The molecule has 1 aliphatic carbocycles. The Hall–Kier alpha value is -0.240. The summed E-state index contributed by atoms with van der Waals surface area (Å²) in [6.07, 6.45) is 5.51.